The molecule has 0 bridgehead atoms. The molecule has 1 rings (SSSR count). The van der Waals surface area contributed by atoms with E-state index in [-0.39, 0.29) is 5.91 Å². The van der Waals surface area contributed by atoms with Gasteiger partial charge in [-0.05, 0) is 24.6 Å². The van der Waals surface area contributed by atoms with Crippen molar-refractivity contribution in [3.05, 3.63) is 28.0 Å². The summed E-state index contributed by atoms with van der Waals surface area (Å²) in [5.74, 6) is -1.01. The Balaban J connectivity index is 2.74. The van der Waals surface area contributed by atoms with Gasteiger partial charge in [0.15, 0.2) is 0 Å². The molecule has 0 aliphatic carbocycles. The maximum Gasteiger partial charge on any atom is 0.328 e. The number of thiophene rings is 1. The van der Waals surface area contributed by atoms with Gasteiger partial charge in [-0.25, -0.2) is 4.79 Å². The molecule has 0 atom stereocenters. The highest BCUT2D eigenvalue weighted by molar-refractivity contribution is 7.14. The highest BCUT2D eigenvalue weighted by Crippen LogP contribution is 2.19. The number of carboxylic acid groups (broad SMARTS) is 1. The zero-order valence-corrected chi connectivity index (χ0v) is 10.7. The lowest BCUT2D eigenvalue weighted by Gasteiger charge is -2.14. The molecule has 5 heteroatoms. The molecular weight excluding hydrogens is 238 g/mol. The molecule has 0 aliphatic heterocycles. The molecule has 0 aliphatic rings. The van der Waals surface area contributed by atoms with E-state index in [0.717, 1.165) is 23.9 Å². The average Bonchev–Trinajstić information content (AvgIpc) is 2.74. The van der Waals surface area contributed by atoms with E-state index in [0.29, 0.717) is 4.88 Å². The van der Waals surface area contributed by atoms with Gasteiger partial charge in [0.2, 0.25) is 0 Å². The van der Waals surface area contributed by atoms with E-state index in [1.165, 1.54) is 17.4 Å². The second-order valence-corrected chi connectivity index (χ2v) is 4.72. The maximum atomic E-state index is 11.9. The van der Waals surface area contributed by atoms with E-state index in [2.05, 4.69) is 0 Å². The van der Waals surface area contributed by atoms with Gasteiger partial charge < -0.3 is 10.0 Å². The smallest absolute Gasteiger partial charge is 0.328 e. The Labute approximate surface area is 104 Å². The molecule has 1 aromatic heterocycles. The molecule has 0 aromatic carbocycles. The molecule has 1 aromatic rings. The lowest BCUT2D eigenvalue weighted by Crippen LogP contribution is -2.26. The van der Waals surface area contributed by atoms with E-state index in [1.54, 1.807) is 24.1 Å². The van der Waals surface area contributed by atoms with E-state index in [4.69, 9.17) is 5.11 Å². The van der Waals surface area contributed by atoms with Crippen LogP contribution in [0, 0.1) is 0 Å². The van der Waals surface area contributed by atoms with Crippen LogP contribution in [0.1, 0.15) is 27.9 Å². The Kier molecular flexibility index (Phi) is 4.90. The van der Waals surface area contributed by atoms with Crippen molar-refractivity contribution in [1.29, 1.82) is 0 Å². The van der Waals surface area contributed by atoms with Crippen molar-refractivity contribution in [2.24, 2.45) is 0 Å². The standard InChI is InChI=1S/C12H15NO3S/c1-3-8-13(2)12(16)10-6-4-9(17-10)5-7-11(14)15/h4-7H,3,8H2,1-2H3,(H,14,15). The predicted molar refractivity (Wildman–Crippen MR) is 68.2 cm³/mol. The van der Waals surface area contributed by atoms with Crippen LogP contribution >= 0.6 is 11.3 Å². The number of rotatable bonds is 5. The van der Waals surface area contributed by atoms with Crippen molar-refractivity contribution in [2.45, 2.75) is 13.3 Å². The van der Waals surface area contributed by atoms with Crippen LogP contribution in [0.3, 0.4) is 0 Å². The third kappa shape index (κ3) is 4.03. The van der Waals surface area contributed by atoms with E-state index >= 15 is 0 Å². The van der Waals surface area contributed by atoms with Crippen molar-refractivity contribution >= 4 is 29.3 Å². The minimum atomic E-state index is -0.991. The largest absolute Gasteiger partial charge is 0.478 e. The molecule has 0 saturated heterocycles. The summed E-state index contributed by atoms with van der Waals surface area (Å²) in [5.41, 5.74) is 0. The fraction of sp³-hybridized carbons (Fsp3) is 0.333. The molecule has 92 valence electrons. The molecule has 1 N–H and O–H groups in total. The number of carboxylic acids is 1. The Bertz CT molecular complexity index is 437. The second kappa shape index (κ2) is 6.20. The fourth-order valence-electron chi connectivity index (χ4n) is 1.34. The number of hydrogen-bond acceptors (Lipinski definition) is 3. The van der Waals surface area contributed by atoms with Crippen LogP contribution in [0.4, 0.5) is 0 Å². The van der Waals surface area contributed by atoms with Gasteiger partial charge in [-0.15, -0.1) is 11.3 Å². The third-order valence-corrected chi connectivity index (χ3v) is 3.17. The summed E-state index contributed by atoms with van der Waals surface area (Å²) in [5, 5.41) is 8.49. The first-order chi connectivity index (χ1) is 8.04. The first-order valence-corrected chi connectivity index (χ1v) is 6.12. The van der Waals surface area contributed by atoms with Gasteiger partial charge in [-0.1, -0.05) is 6.92 Å². The third-order valence-electron chi connectivity index (χ3n) is 2.13. The van der Waals surface area contributed by atoms with Crippen molar-refractivity contribution in [1.82, 2.24) is 4.90 Å². The van der Waals surface area contributed by atoms with Crippen molar-refractivity contribution < 1.29 is 14.7 Å². The summed E-state index contributed by atoms with van der Waals surface area (Å²) in [6, 6.07) is 3.47. The monoisotopic (exact) mass is 253 g/mol. The summed E-state index contributed by atoms with van der Waals surface area (Å²) >= 11 is 1.30. The lowest BCUT2D eigenvalue weighted by molar-refractivity contribution is -0.131. The lowest BCUT2D eigenvalue weighted by atomic mass is 10.3. The second-order valence-electron chi connectivity index (χ2n) is 3.60. The predicted octanol–water partition coefficient (Wildman–Crippen LogP) is 2.33. The van der Waals surface area contributed by atoms with Crippen LogP contribution in [0.15, 0.2) is 18.2 Å². The number of hydrogen-bond donors (Lipinski definition) is 1. The van der Waals surface area contributed by atoms with Crippen LogP contribution in [0.25, 0.3) is 6.08 Å². The summed E-state index contributed by atoms with van der Waals surface area (Å²) in [6.07, 6.45) is 3.47. The molecule has 4 nitrogen and oxygen atoms in total. The van der Waals surface area contributed by atoms with Gasteiger partial charge in [-0.2, -0.15) is 0 Å². The zero-order valence-electron chi connectivity index (χ0n) is 9.84. The van der Waals surface area contributed by atoms with Crippen molar-refractivity contribution in [3.8, 4) is 0 Å². The molecule has 1 amide bonds. The minimum Gasteiger partial charge on any atom is -0.478 e. The van der Waals surface area contributed by atoms with Gasteiger partial charge in [0.25, 0.3) is 5.91 Å². The first-order valence-electron chi connectivity index (χ1n) is 5.31. The first kappa shape index (κ1) is 13.4. The minimum absolute atomic E-state index is 0.0215. The number of carbonyl (C=O) groups excluding carboxylic acids is 1. The van der Waals surface area contributed by atoms with Gasteiger partial charge >= 0.3 is 5.97 Å². The van der Waals surface area contributed by atoms with Crippen molar-refractivity contribution in [3.63, 3.8) is 0 Å². The summed E-state index contributed by atoms with van der Waals surface area (Å²) < 4.78 is 0. The Hall–Kier alpha value is -1.62. The summed E-state index contributed by atoms with van der Waals surface area (Å²) in [4.78, 5) is 25.3. The van der Waals surface area contributed by atoms with E-state index in [9.17, 15) is 9.59 Å². The molecule has 0 spiro atoms. The zero-order chi connectivity index (χ0) is 12.8. The average molecular weight is 253 g/mol. The Morgan fingerprint density at radius 1 is 1.47 bits per heavy atom. The highest BCUT2D eigenvalue weighted by Gasteiger charge is 2.12. The Morgan fingerprint density at radius 3 is 2.76 bits per heavy atom. The molecule has 0 radical (unpaired) electrons. The van der Waals surface area contributed by atoms with Crippen LogP contribution in [0.5, 0.6) is 0 Å². The molecule has 17 heavy (non-hydrogen) atoms. The van der Waals surface area contributed by atoms with Crippen LogP contribution in [-0.2, 0) is 4.79 Å². The van der Waals surface area contributed by atoms with Gasteiger partial charge in [-0.3, -0.25) is 4.79 Å². The topological polar surface area (TPSA) is 57.6 Å². The van der Waals surface area contributed by atoms with Gasteiger partial charge in [0.1, 0.15) is 0 Å². The maximum absolute atomic E-state index is 11.9. The summed E-state index contributed by atoms with van der Waals surface area (Å²) in [7, 11) is 1.76. The van der Waals surface area contributed by atoms with Crippen molar-refractivity contribution in [2.75, 3.05) is 13.6 Å². The fourth-order valence-corrected chi connectivity index (χ4v) is 2.24. The SMILES string of the molecule is CCCN(C)C(=O)c1ccc(C=CC(=O)O)s1. The molecule has 0 fully saturated rings. The van der Waals surface area contributed by atoms with Gasteiger partial charge in [0, 0.05) is 24.5 Å². The summed E-state index contributed by atoms with van der Waals surface area (Å²) in [6.45, 7) is 2.73. The number of nitrogens with zero attached hydrogens (tertiary/aromatic N) is 1. The van der Waals surface area contributed by atoms with Crippen LogP contribution in [0.2, 0.25) is 0 Å². The van der Waals surface area contributed by atoms with Crippen LogP contribution < -0.4 is 0 Å². The highest BCUT2D eigenvalue weighted by atomic mass is 32.1. The van der Waals surface area contributed by atoms with Gasteiger partial charge in [0.05, 0.1) is 4.88 Å². The normalized spacial score (nSPS) is 10.7. The number of amides is 1. The Morgan fingerprint density at radius 2 is 2.18 bits per heavy atom. The van der Waals surface area contributed by atoms with E-state index in [1.807, 2.05) is 6.92 Å². The van der Waals surface area contributed by atoms with E-state index < -0.39 is 5.97 Å². The number of carbonyl (C=O) groups is 2. The quantitative estimate of drug-likeness (QED) is 0.819. The van der Waals surface area contributed by atoms with Crippen LogP contribution in [-0.4, -0.2) is 35.5 Å². The molecule has 0 unspecified atom stereocenters. The molecule has 1 heterocycles. The molecular formula is C12H15NO3S. The molecule has 0 saturated carbocycles. The number of aliphatic carboxylic acids is 1.